The lowest BCUT2D eigenvalue weighted by atomic mass is 10.0. The second kappa shape index (κ2) is 6.49. The van der Waals surface area contributed by atoms with Crippen LogP contribution in [0.4, 0.5) is 4.79 Å². The Labute approximate surface area is 92.3 Å². The quantitative estimate of drug-likeness (QED) is 0.736. The van der Waals surface area contributed by atoms with Crippen molar-refractivity contribution < 1.29 is 4.79 Å². The zero-order valence-electron chi connectivity index (χ0n) is 9.81. The van der Waals surface area contributed by atoms with Crippen molar-refractivity contribution in [2.75, 3.05) is 6.54 Å². The molecule has 15 heavy (non-hydrogen) atoms. The molecule has 0 saturated heterocycles. The van der Waals surface area contributed by atoms with Gasteiger partial charge in [-0.05, 0) is 32.1 Å². The van der Waals surface area contributed by atoms with Crippen LogP contribution in [0.5, 0.6) is 0 Å². The van der Waals surface area contributed by atoms with Gasteiger partial charge in [-0.3, -0.25) is 0 Å². The second-order valence-electron chi connectivity index (χ2n) is 4.27. The lowest BCUT2D eigenvalue weighted by Gasteiger charge is -2.10. The highest BCUT2D eigenvalue weighted by Gasteiger charge is 2.16. The predicted molar refractivity (Wildman–Crippen MR) is 62.5 cm³/mol. The Morgan fingerprint density at radius 1 is 1.40 bits per heavy atom. The topological polar surface area (TPSA) is 41.1 Å². The predicted octanol–water partition coefficient (Wildman–Crippen LogP) is 2.79. The number of carbonyl (C=O) groups excluding carboxylic acids is 1. The Hall–Kier alpha value is -0.990. The van der Waals surface area contributed by atoms with Crippen molar-refractivity contribution in [3.05, 3.63) is 11.8 Å². The minimum atomic E-state index is -0.0887. The van der Waals surface area contributed by atoms with E-state index in [-0.39, 0.29) is 6.03 Å². The van der Waals surface area contributed by atoms with Crippen molar-refractivity contribution in [1.29, 1.82) is 0 Å². The molecular weight excluding hydrogens is 188 g/mol. The van der Waals surface area contributed by atoms with Crippen molar-refractivity contribution in [2.45, 2.75) is 46.0 Å². The van der Waals surface area contributed by atoms with Crippen molar-refractivity contribution in [3.8, 4) is 0 Å². The number of hydrogen-bond donors (Lipinski definition) is 2. The van der Waals surface area contributed by atoms with Crippen molar-refractivity contribution in [2.24, 2.45) is 5.92 Å². The van der Waals surface area contributed by atoms with E-state index in [0.717, 1.165) is 13.0 Å². The normalized spacial score (nSPS) is 17.9. The molecule has 0 aromatic carbocycles. The van der Waals surface area contributed by atoms with E-state index in [0.29, 0.717) is 5.92 Å². The molecule has 0 spiro atoms. The average Bonchev–Trinajstić information content (AvgIpc) is 2.76. The third-order valence-electron chi connectivity index (χ3n) is 2.97. The summed E-state index contributed by atoms with van der Waals surface area (Å²) in [5, 5.41) is 5.57. The van der Waals surface area contributed by atoms with Crippen LogP contribution in [0.1, 0.15) is 46.0 Å². The van der Waals surface area contributed by atoms with Crippen molar-refractivity contribution >= 4 is 6.03 Å². The number of amides is 2. The number of urea groups is 1. The summed E-state index contributed by atoms with van der Waals surface area (Å²) in [6, 6.07) is -0.0887. The van der Waals surface area contributed by atoms with Gasteiger partial charge < -0.3 is 10.6 Å². The molecule has 1 rings (SSSR count). The van der Waals surface area contributed by atoms with Crippen molar-refractivity contribution in [3.63, 3.8) is 0 Å². The molecule has 1 saturated carbocycles. The van der Waals surface area contributed by atoms with E-state index in [1.165, 1.54) is 31.3 Å². The Morgan fingerprint density at radius 2 is 2.07 bits per heavy atom. The van der Waals surface area contributed by atoms with Gasteiger partial charge in [-0.25, -0.2) is 4.79 Å². The number of allylic oxidation sites excluding steroid dienone is 1. The van der Waals surface area contributed by atoms with Gasteiger partial charge in [0, 0.05) is 12.7 Å². The number of carbonyl (C=O) groups is 1. The monoisotopic (exact) mass is 210 g/mol. The summed E-state index contributed by atoms with van der Waals surface area (Å²) in [5.41, 5.74) is 1.30. The molecule has 2 amide bonds. The Morgan fingerprint density at radius 3 is 2.67 bits per heavy atom. The highest BCUT2D eigenvalue weighted by molar-refractivity contribution is 5.74. The van der Waals surface area contributed by atoms with Crippen LogP contribution in [0, 0.1) is 5.92 Å². The van der Waals surface area contributed by atoms with Crippen LogP contribution < -0.4 is 10.6 Å². The van der Waals surface area contributed by atoms with E-state index in [2.05, 4.69) is 17.6 Å². The zero-order valence-corrected chi connectivity index (χ0v) is 9.81. The van der Waals surface area contributed by atoms with Crippen LogP contribution >= 0.6 is 0 Å². The minimum Gasteiger partial charge on any atom is -0.338 e. The first-order valence-electron chi connectivity index (χ1n) is 5.95. The minimum absolute atomic E-state index is 0.0887. The molecule has 0 atom stereocenters. The molecule has 0 heterocycles. The fraction of sp³-hybridized carbons (Fsp3) is 0.750. The molecule has 3 heteroatoms. The second-order valence-corrected chi connectivity index (χ2v) is 4.27. The Balaban J connectivity index is 2.26. The standard InChI is InChI=1S/C12H22N2O/c1-3-8-13-12(15)14-9-10(2)11-6-4-5-7-11/h9,11H,3-8H2,1-2H3,(H2,13,14,15)/b10-9+. The lowest BCUT2D eigenvalue weighted by Crippen LogP contribution is -2.32. The Bertz CT molecular complexity index is 230. The number of nitrogens with one attached hydrogen (secondary N) is 2. The van der Waals surface area contributed by atoms with Crippen LogP contribution in [0.15, 0.2) is 11.8 Å². The molecule has 0 aromatic rings. The van der Waals surface area contributed by atoms with Gasteiger partial charge in [0.2, 0.25) is 0 Å². The fourth-order valence-corrected chi connectivity index (χ4v) is 1.97. The summed E-state index contributed by atoms with van der Waals surface area (Å²) in [5.74, 6) is 0.691. The van der Waals surface area contributed by atoms with Gasteiger partial charge >= 0.3 is 6.03 Å². The summed E-state index contributed by atoms with van der Waals surface area (Å²) in [7, 11) is 0. The van der Waals surface area contributed by atoms with Crippen LogP contribution in [0.25, 0.3) is 0 Å². The highest BCUT2D eigenvalue weighted by Crippen LogP contribution is 2.30. The number of hydrogen-bond acceptors (Lipinski definition) is 1. The van der Waals surface area contributed by atoms with Gasteiger partial charge in [-0.15, -0.1) is 0 Å². The van der Waals surface area contributed by atoms with Gasteiger partial charge in [0.15, 0.2) is 0 Å². The molecule has 3 nitrogen and oxygen atoms in total. The largest absolute Gasteiger partial charge is 0.338 e. The van der Waals surface area contributed by atoms with Gasteiger partial charge in [0.1, 0.15) is 0 Å². The van der Waals surface area contributed by atoms with Gasteiger partial charge in [0.25, 0.3) is 0 Å². The van der Waals surface area contributed by atoms with Crippen LogP contribution in [0.2, 0.25) is 0 Å². The third-order valence-corrected chi connectivity index (χ3v) is 2.97. The van der Waals surface area contributed by atoms with E-state index in [1.807, 2.05) is 13.1 Å². The third kappa shape index (κ3) is 4.36. The van der Waals surface area contributed by atoms with Crippen molar-refractivity contribution in [1.82, 2.24) is 10.6 Å². The van der Waals surface area contributed by atoms with E-state index in [4.69, 9.17) is 0 Å². The molecule has 0 radical (unpaired) electrons. The average molecular weight is 210 g/mol. The molecular formula is C12H22N2O. The summed E-state index contributed by atoms with van der Waals surface area (Å²) >= 11 is 0. The molecule has 0 unspecified atom stereocenters. The van der Waals surface area contributed by atoms with Gasteiger partial charge in [0.05, 0.1) is 0 Å². The maximum absolute atomic E-state index is 11.3. The first-order chi connectivity index (χ1) is 7.24. The SMILES string of the molecule is CCCNC(=O)N/C=C(\C)C1CCCC1. The molecule has 1 aliphatic carbocycles. The summed E-state index contributed by atoms with van der Waals surface area (Å²) in [6.45, 7) is 4.89. The molecule has 1 aliphatic rings. The highest BCUT2D eigenvalue weighted by atomic mass is 16.2. The zero-order chi connectivity index (χ0) is 11.1. The molecule has 2 N–H and O–H groups in total. The van der Waals surface area contributed by atoms with E-state index < -0.39 is 0 Å². The molecule has 86 valence electrons. The maximum Gasteiger partial charge on any atom is 0.318 e. The molecule has 0 aromatic heterocycles. The van der Waals surface area contributed by atoms with E-state index in [9.17, 15) is 4.79 Å². The molecule has 1 fully saturated rings. The van der Waals surface area contributed by atoms with Crippen LogP contribution in [-0.4, -0.2) is 12.6 Å². The smallest absolute Gasteiger partial charge is 0.318 e. The lowest BCUT2D eigenvalue weighted by molar-refractivity contribution is 0.244. The molecule has 0 bridgehead atoms. The summed E-state index contributed by atoms with van der Waals surface area (Å²) in [6.07, 6.45) is 8.05. The summed E-state index contributed by atoms with van der Waals surface area (Å²) in [4.78, 5) is 11.3. The van der Waals surface area contributed by atoms with Crippen LogP contribution in [0.3, 0.4) is 0 Å². The number of rotatable bonds is 4. The van der Waals surface area contributed by atoms with Gasteiger partial charge in [-0.2, -0.15) is 0 Å². The first kappa shape index (κ1) is 12.1. The maximum atomic E-state index is 11.3. The molecule has 0 aliphatic heterocycles. The van der Waals surface area contributed by atoms with E-state index >= 15 is 0 Å². The van der Waals surface area contributed by atoms with E-state index in [1.54, 1.807) is 0 Å². The summed E-state index contributed by atoms with van der Waals surface area (Å²) < 4.78 is 0. The first-order valence-corrected chi connectivity index (χ1v) is 5.95. The van der Waals surface area contributed by atoms with Gasteiger partial charge in [-0.1, -0.05) is 25.3 Å². The Kier molecular flexibility index (Phi) is 5.22. The van der Waals surface area contributed by atoms with Crippen LogP contribution in [-0.2, 0) is 0 Å². The fourth-order valence-electron chi connectivity index (χ4n) is 1.97.